The average molecular weight is 521 g/mol. The first-order valence-corrected chi connectivity index (χ1v) is 13.9. The molecule has 1 saturated carbocycles. The highest BCUT2D eigenvalue weighted by Crippen LogP contribution is 2.24. The number of aryl methyl sites for hydroxylation is 1. The Morgan fingerprint density at radius 2 is 1.64 bits per heavy atom. The van der Waals surface area contributed by atoms with Gasteiger partial charge >= 0.3 is 0 Å². The number of hydrogen-bond acceptors (Lipinski definition) is 3. The molecule has 1 unspecified atom stereocenters. The molecular weight excluding hydrogens is 488 g/mol. The third-order valence-electron chi connectivity index (χ3n) is 6.65. The fraction of sp³-hybridized carbons (Fsp3) is 0.333. The summed E-state index contributed by atoms with van der Waals surface area (Å²) < 4.78 is 0. The number of benzene rings is 3. The summed E-state index contributed by atoms with van der Waals surface area (Å²) in [5.41, 5.74) is 3.03. The van der Waals surface area contributed by atoms with Crippen LogP contribution in [-0.2, 0) is 22.6 Å². The van der Waals surface area contributed by atoms with Gasteiger partial charge in [-0.15, -0.1) is 11.8 Å². The molecule has 1 aliphatic rings. The van der Waals surface area contributed by atoms with Crippen LogP contribution in [0.15, 0.2) is 83.8 Å². The second-order valence-corrected chi connectivity index (χ2v) is 10.9. The number of nitrogens with one attached hydrogen (secondary N) is 1. The number of amides is 2. The lowest BCUT2D eigenvalue weighted by Gasteiger charge is -2.32. The molecular formula is C30H33ClN2O2S. The van der Waals surface area contributed by atoms with E-state index in [4.69, 9.17) is 11.6 Å². The molecule has 0 aromatic heterocycles. The largest absolute Gasteiger partial charge is 0.352 e. The Bertz CT molecular complexity index is 1150. The molecule has 0 heterocycles. The van der Waals surface area contributed by atoms with Crippen LogP contribution in [0, 0.1) is 6.92 Å². The predicted octanol–water partition coefficient (Wildman–Crippen LogP) is 6.44. The molecule has 36 heavy (non-hydrogen) atoms. The second kappa shape index (κ2) is 13.0. The topological polar surface area (TPSA) is 49.4 Å². The van der Waals surface area contributed by atoms with Crippen molar-refractivity contribution < 1.29 is 9.59 Å². The standard InChI is InChI=1S/C30H33ClN2O2S/c1-22-15-17-26(18-16-22)36-21-29(34)33(20-24-11-5-8-14-27(24)31)28(19-23-9-3-2-4-10-23)30(35)32-25-12-6-7-13-25/h2-5,8-11,14-18,25,28H,6-7,12-13,19-21H2,1H3,(H,32,35). The smallest absolute Gasteiger partial charge is 0.243 e. The highest BCUT2D eigenvalue weighted by Gasteiger charge is 2.32. The maximum atomic E-state index is 13.8. The van der Waals surface area contributed by atoms with Gasteiger partial charge in [-0.05, 0) is 49.1 Å². The molecule has 1 fully saturated rings. The van der Waals surface area contributed by atoms with Crippen LogP contribution in [0.4, 0.5) is 0 Å². The fourth-order valence-electron chi connectivity index (χ4n) is 4.59. The number of carbonyl (C=O) groups excluding carboxylic acids is 2. The molecule has 1 N–H and O–H groups in total. The van der Waals surface area contributed by atoms with E-state index in [1.54, 1.807) is 4.90 Å². The summed E-state index contributed by atoms with van der Waals surface area (Å²) in [4.78, 5) is 30.2. The Morgan fingerprint density at radius 3 is 2.33 bits per heavy atom. The number of halogens is 1. The number of hydrogen-bond donors (Lipinski definition) is 1. The van der Waals surface area contributed by atoms with Crippen molar-refractivity contribution >= 4 is 35.2 Å². The maximum absolute atomic E-state index is 13.8. The number of carbonyl (C=O) groups is 2. The summed E-state index contributed by atoms with van der Waals surface area (Å²) in [7, 11) is 0. The van der Waals surface area contributed by atoms with Crippen molar-refractivity contribution in [3.05, 3.63) is 101 Å². The Labute approximate surface area is 223 Å². The highest BCUT2D eigenvalue weighted by atomic mass is 35.5. The molecule has 6 heteroatoms. The van der Waals surface area contributed by atoms with Gasteiger partial charge in [0.25, 0.3) is 0 Å². The van der Waals surface area contributed by atoms with Crippen LogP contribution < -0.4 is 5.32 Å². The van der Waals surface area contributed by atoms with Gasteiger partial charge in [-0.3, -0.25) is 9.59 Å². The lowest BCUT2D eigenvalue weighted by atomic mass is 10.0. The first kappa shape index (κ1) is 26.3. The van der Waals surface area contributed by atoms with Gasteiger partial charge in [0.2, 0.25) is 11.8 Å². The van der Waals surface area contributed by atoms with Crippen molar-refractivity contribution in [2.75, 3.05) is 5.75 Å². The van der Waals surface area contributed by atoms with E-state index in [0.717, 1.165) is 41.7 Å². The lowest BCUT2D eigenvalue weighted by molar-refractivity contribution is -0.139. The van der Waals surface area contributed by atoms with Crippen molar-refractivity contribution in [3.8, 4) is 0 Å². The summed E-state index contributed by atoms with van der Waals surface area (Å²) in [5.74, 6) is 0.0738. The van der Waals surface area contributed by atoms with Gasteiger partial charge in [-0.25, -0.2) is 0 Å². The molecule has 0 aliphatic heterocycles. The van der Waals surface area contributed by atoms with Gasteiger partial charge in [-0.1, -0.05) is 90.7 Å². The Kier molecular flexibility index (Phi) is 9.48. The van der Waals surface area contributed by atoms with Gasteiger partial charge in [0.1, 0.15) is 6.04 Å². The van der Waals surface area contributed by atoms with Gasteiger partial charge in [0, 0.05) is 28.9 Å². The second-order valence-electron chi connectivity index (χ2n) is 9.41. The van der Waals surface area contributed by atoms with Crippen LogP contribution in [0.5, 0.6) is 0 Å². The molecule has 2 amide bonds. The lowest BCUT2D eigenvalue weighted by Crippen LogP contribution is -2.52. The van der Waals surface area contributed by atoms with Gasteiger partial charge in [0.05, 0.1) is 5.75 Å². The minimum Gasteiger partial charge on any atom is -0.352 e. The molecule has 0 radical (unpaired) electrons. The van der Waals surface area contributed by atoms with Crippen LogP contribution in [0.3, 0.4) is 0 Å². The summed E-state index contributed by atoms with van der Waals surface area (Å²) in [6.07, 6.45) is 4.69. The zero-order chi connectivity index (χ0) is 25.3. The molecule has 188 valence electrons. The Balaban J connectivity index is 1.61. The molecule has 1 aliphatic carbocycles. The molecule has 4 nitrogen and oxygen atoms in total. The van der Waals surface area contributed by atoms with E-state index in [1.165, 1.54) is 17.3 Å². The van der Waals surface area contributed by atoms with E-state index in [-0.39, 0.29) is 30.2 Å². The van der Waals surface area contributed by atoms with Gasteiger partial charge in [0.15, 0.2) is 0 Å². The SMILES string of the molecule is Cc1ccc(SCC(=O)N(Cc2ccccc2Cl)C(Cc2ccccc2)C(=O)NC2CCCC2)cc1. The third-order valence-corrected chi connectivity index (χ3v) is 8.02. The molecule has 3 aromatic rings. The van der Waals surface area contributed by atoms with Crippen LogP contribution in [-0.4, -0.2) is 34.6 Å². The van der Waals surface area contributed by atoms with Crippen LogP contribution in [0.2, 0.25) is 5.02 Å². The van der Waals surface area contributed by atoms with E-state index >= 15 is 0 Å². The van der Waals surface area contributed by atoms with Crippen molar-refractivity contribution in [3.63, 3.8) is 0 Å². The molecule has 0 saturated heterocycles. The van der Waals surface area contributed by atoms with Crippen molar-refractivity contribution in [2.45, 2.75) is 62.6 Å². The van der Waals surface area contributed by atoms with E-state index in [1.807, 2.05) is 85.8 Å². The Morgan fingerprint density at radius 1 is 0.972 bits per heavy atom. The van der Waals surface area contributed by atoms with E-state index in [2.05, 4.69) is 5.32 Å². The first-order chi connectivity index (χ1) is 17.5. The Hall–Kier alpha value is -2.76. The number of thioether (sulfide) groups is 1. The zero-order valence-electron chi connectivity index (χ0n) is 20.7. The summed E-state index contributed by atoms with van der Waals surface area (Å²) in [6, 6.07) is 25.1. The van der Waals surface area contributed by atoms with E-state index in [9.17, 15) is 9.59 Å². The molecule has 0 spiro atoms. The van der Waals surface area contributed by atoms with Gasteiger partial charge in [-0.2, -0.15) is 0 Å². The van der Waals surface area contributed by atoms with E-state index in [0.29, 0.717) is 11.4 Å². The fourth-order valence-corrected chi connectivity index (χ4v) is 5.57. The monoisotopic (exact) mass is 520 g/mol. The zero-order valence-corrected chi connectivity index (χ0v) is 22.2. The highest BCUT2D eigenvalue weighted by molar-refractivity contribution is 8.00. The van der Waals surface area contributed by atoms with Crippen molar-refractivity contribution in [1.82, 2.24) is 10.2 Å². The first-order valence-electron chi connectivity index (χ1n) is 12.6. The van der Waals surface area contributed by atoms with Crippen molar-refractivity contribution in [2.24, 2.45) is 0 Å². The van der Waals surface area contributed by atoms with E-state index < -0.39 is 6.04 Å². The molecule has 1 atom stereocenters. The van der Waals surface area contributed by atoms with Crippen LogP contribution in [0.25, 0.3) is 0 Å². The maximum Gasteiger partial charge on any atom is 0.243 e. The molecule has 3 aromatic carbocycles. The average Bonchev–Trinajstić information content (AvgIpc) is 3.40. The third kappa shape index (κ3) is 7.37. The van der Waals surface area contributed by atoms with Crippen molar-refractivity contribution in [1.29, 1.82) is 0 Å². The minimum absolute atomic E-state index is 0.0806. The van der Waals surface area contributed by atoms with Crippen LogP contribution in [0.1, 0.15) is 42.4 Å². The molecule has 0 bridgehead atoms. The minimum atomic E-state index is -0.629. The quantitative estimate of drug-likeness (QED) is 0.313. The summed E-state index contributed by atoms with van der Waals surface area (Å²) >= 11 is 7.99. The summed E-state index contributed by atoms with van der Waals surface area (Å²) in [5, 5.41) is 3.84. The number of nitrogens with zero attached hydrogens (tertiary/aromatic N) is 1. The van der Waals surface area contributed by atoms with Gasteiger partial charge < -0.3 is 10.2 Å². The number of rotatable bonds is 10. The summed E-state index contributed by atoms with van der Waals surface area (Å²) in [6.45, 7) is 2.32. The normalized spacial score (nSPS) is 14.4. The molecule has 4 rings (SSSR count). The van der Waals surface area contributed by atoms with Crippen LogP contribution >= 0.6 is 23.4 Å². The predicted molar refractivity (Wildman–Crippen MR) is 148 cm³/mol.